The number of nitrogens with zero attached hydrogens (tertiary/aromatic N) is 1. The fourth-order valence-electron chi connectivity index (χ4n) is 1.79. The molecule has 0 bridgehead atoms. The van der Waals surface area contributed by atoms with Gasteiger partial charge in [-0.1, -0.05) is 6.92 Å². The van der Waals surface area contributed by atoms with Gasteiger partial charge in [-0.05, 0) is 29.7 Å². The van der Waals surface area contributed by atoms with Crippen molar-refractivity contribution in [3.8, 4) is 6.07 Å². The van der Waals surface area contributed by atoms with Gasteiger partial charge in [-0.25, -0.2) is 8.78 Å². The second-order valence-corrected chi connectivity index (χ2v) is 3.73. The van der Waals surface area contributed by atoms with Crippen LogP contribution in [0.4, 0.5) is 8.78 Å². The van der Waals surface area contributed by atoms with E-state index >= 15 is 0 Å². The van der Waals surface area contributed by atoms with Crippen LogP contribution in [0.1, 0.15) is 35.6 Å². The van der Waals surface area contributed by atoms with Crippen molar-refractivity contribution in [2.24, 2.45) is 0 Å². The summed E-state index contributed by atoms with van der Waals surface area (Å²) in [6, 6.07) is 4.65. The third kappa shape index (κ3) is 3.04. The molecular weight excluding hydrogens is 240 g/mol. The number of esters is 1. The fourth-order valence-corrected chi connectivity index (χ4v) is 1.79. The Labute approximate surface area is 104 Å². The van der Waals surface area contributed by atoms with Gasteiger partial charge in [0.15, 0.2) is 0 Å². The molecule has 0 amide bonds. The van der Waals surface area contributed by atoms with E-state index < -0.39 is 12.4 Å². The second kappa shape index (κ2) is 6.10. The van der Waals surface area contributed by atoms with Gasteiger partial charge in [-0.3, -0.25) is 4.79 Å². The van der Waals surface area contributed by atoms with Gasteiger partial charge in [0.2, 0.25) is 0 Å². The Kier molecular flexibility index (Phi) is 4.78. The van der Waals surface area contributed by atoms with E-state index in [-0.39, 0.29) is 23.1 Å². The van der Waals surface area contributed by atoms with Crippen LogP contribution in [-0.2, 0) is 22.4 Å². The van der Waals surface area contributed by atoms with Crippen LogP contribution in [-0.4, -0.2) is 13.1 Å². The molecule has 0 aromatic heterocycles. The van der Waals surface area contributed by atoms with Crippen LogP contribution in [0.25, 0.3) is 0 Å². The molecule has 1 aromatic rings. The maximum Gasteiger partial charge on any atom is 0.309 e. The number of halogens is 2. The number of aryl methyl sites for hydroxylation is 1. The number of ether oxygens (including phenoxy) is 1. The quantitative estimate of drug-likeness (QED) is 0.775. The molecule has 1 rings (SSSR count). The number of carbonyl (C=O) groups excluding carboxylic acids is 1. The summed E-state index contributed by atoms with van der Waals surface area (Å²) in [5.41, 5.74) is 0.660. The SMILES string of the molecule is CCc1cc(C#N)cc(CC(=O)OC)c1C(F)F. The highest BCUT2D eigenvalue weighted by Gasteiger charge is 2.20. The average molecular weight is 253 g/mol. The van der Waals surface area contributed by atoms with E-state index in [0.29, 0.717) is 12.0 Å². The summed E-state index contributed by atoms with van der Waals surface area (Å²) in [6.07, 6.45) is -2.55. The van der Waals surface area contributed by atoms with Gasteiger partial charge in [0.05, 0.1) is 25.2 Å². The number of benzene rings is 1. The van der Waals surface area contributed by atoms with E-state index in [0.717, 1.165) is 0 Å². The molecule has 0 atom stereocenters. The van der Waals surface area contributed by atoms with E-state index in [2.05, 4.69) is 4.74 Å². The van der Waals surface area contributed by atoms with Gasteiger partial charge in [-0.2, -0.15) is 5.26 Å². The van der Waals surface area contributed by atoms with Crippen molar-refractivity contribution in [1.82, 2.24) is 0 Å². The zero-order valence-electron chi connectivity index (χ0n) is 10.2. The van der Waals surface area contributed by atoms with Crippen molar-refractivity contribution in [2.75, 3.05) is 7.11 Å². The number of methoxy groups -OCH3 is 1. The van der Waals surface area contributed by atoms with Crippen LogP contribution in [0.2, 0.25) is 0 Å². The highest BCUT2D eigenvalue weighted by Crippen LogP contribution is 2.29. The molecule has 0 spiro atoms. The summed E-state index contributed by atoms with van der Waals surface area (Å²) in [7, 11) is 1.19. The van der Waals surface area contributed by atoms with E-state index in [1.807, 2.05) is 6.07 Å². The van der Waals surface area contributed by atoms with Gasteiger partial charge in [0, 0.05) is 5.56 Å². The van der Waals surface area contributed by atoms with E-state index in [4.69, 9.17) is 5.26 Å². The molecule has 0 fully saturated rings. The van der Waals surface area contributed by atoms with Crippen molar-refractivity contribution in [3.63, 3.8) is 0 Å². The lowest BCUT2D eigenvalue weighted by Crippen LogP contribution is -2.09. The Morgan fingerprint density at radius 3 is 2.50 bits per heavy atom. The predicted molar refractivity (Wildman–Crippen MR) is 61.2 cm³/mol. The number of carbonyl (C=O) groups is 1. The summed E-state index contributed by atoms with van der Waals surface area (Å²) in [4.78, 5) is 11.2. The monoisotopic (exact) mass is 253 g/mol. The number of hydrogen-bond acceptors (Lipinski definition) is 3. The molecule has 96 valence electrons. The van der Waals surface area contributed by atoms with Crippen LogP contribution < -0.4 is 0 Å². The molecule has 0 aliphatic rings. The molecule has 0 saturated heterocycles. The van der Waals surface area contributed by atoms with Crippen molar-refractivity contribution in [2.45, 2.75) is 26.2 Å². The normalized spacial score (nSPS) is 10.2. The van der Waals surface area contributed by atoms with Crippen molar-refractivity contribution >= 4 is 5.97 Å². The van der Waals surface area contributed by atoms with Crippen LogP contribution in [0, 0.1) is 11.3 Å². The van der Waals surface area contributed by atoms with Crippen molar-refractivity contribution in [1.29, 1.82) is 5.26 Å². The maximum atomic E-state index is 13.0. The summed E-state index contributed by atoms with van der Waals surface area (Å²) >= 11 is 0. The molecule has 0 N–H and O–H groups in total. The smallest absolute Gasteiger partial charge is 0.309 e. The largest absolute Gasteiger partial charge is 0.469 e. The third-order valence-electron chi connectivity index (χ3n) is 2.64. The fraction of sp³-hybridized carbons (Fsp3) is 0.385. The Balaban J connectivity index is 3.35. The second-order valence-electron chi connectivity index (χ2n) is 3.73. The highest BCUT2D eigenvalue weighted by atomic mass is 19.3. The lowest BCUT2D eigenvalue weighted by Gasteiger charge is -2.13. The van der Waals surface area contributed by atoms with Gasteiger partial charge in [0.25, 0.3) is 6.43 Å². The summed E-state index contributed by atoms with van der Waals surface area (Å²) in [5.74, 6) is -0.603. The summed E-state index contributed by atoms with van der Waals surface area (Å²) in [5, 5.41) is 8.85. The van der Waals surface area contributed by atoms with Crippen LogP contribution in [0.15, 0.2) is 12.1 Å². The average Bonchev–Trinajstić information content (AvgIpc) is 2.36. The lowest BCUT2D eigenvalue weighted by molar-refractivity contribution is -0.139. The zero-order chi connectivity index (χ0) is 13.7. The minimum absolute atomic E-state index is 0.160. The van der Waals surface area contributed by atoms with E-state index in [9.17, 15) is 13.6 Å². The molecular formula is C13H13F2NO2. The number of alkyl halides is 2. The summed E-state index contributed by atoms with van der Waals surface area (Å²) in [6.45, 7) is 1.73. The number of hydrogen-bond donors (Lipinski definition) is 0. The molecule has 18 heavy (non-hydrogen) atoms. The molecule has 1 aromatic carbocycles. The Bertz CT molecular complexity index is 492. The molecule has 0 radical (unpaired) electrons. The van der Waals surface area contributed by atoms with Crippen molar-refractivity contribution < 1.29 is 18.3 Å². The molecule has 0 aliphatic carbocycles. The maximum absolute atomic E-state index is 13.0. The van der Waals surface area contributed by atoms with Gasteiger partial charge >= 0.3 is 5.97 Å². The third-order valence-corrected chi connectivity index (χ3v) is 2.64. The minimum atomic E-state index is -2.67. The first kappa shape index (κ1) is 14.1. The number of nitriles is 1. The Hall–Kier alpha value is -1.96. The first-order chi connectivity index (χ1) is 8.53. The summed E-state index contributed by atoms with van der Waals surface area (Å²) < 4.78 is 30.5. The van der Waals surface area contributed by atoms with Crippen LogP contribution in [0.3, 0.4) is 0 Å². The van der Waals surface area contributed by atoms with E-state index in [1.54, 1.807) is 6.92 Å². The Morgan fingerprint density at radius 2 is 2.06 bits per heavy atom. The lowest BCUT2D eigenvalue weighted by atomic mass is 9.94. The molecule has 0 aliphatic heterocycles. The molecule has 0 heterocycles. The van der Waals surface area contributed by atoms with Crippen molar-refractivity contribution in [3.05, 3.63) is 34.4 Å². The molecule has 5 heteroatoms. The van der Waals surface area contributed by atoms with Gasteiger partial charge < -0.3 is 4.74 Å². The zero-order valence-corrected chi connectivity index (χ0v) is 10.2. The van der Waals surface area contributed by atoms with Crippen LogP contribution >= 0.6 is 0 Å². The molecule has 3 nitrogen and oxygen atoms in total. The minimum Gasteiger partial charge on any atom is -0.469 e. The highest BCUT2D eigenvalue weighted by molar-refractivity contribution is 5.73. The standard InChI is InChI=1S/C13H13F2NO2/c1-3-9-4-8(7-16)5-10(6-11(17)18-2)12(9)13(14)15/h4-5,13H,3,6H2,1-2H3. The Morgan fingerprint density at radius 1 is 1.44 bits per heavy atom. The first-order valence-corrected chi connectivity index (χ1v) is 5.44. The predicted octanol–water partition coefficient (Wildman–Crippen LogP) is 2.77. The first-order valence-electron chi connectivity index (χ1n) is 5.44. The van der Waals surface area contributed by atoms with Gasteiger partial charge in [-0.15, -0.1) is 0 Å². The molecule has 0 unspecified atom stereocenters. The van der Waals surface area contributed by atoms with E-state index in [1.165, 1.54) is 19.2 Å². The number of rotatable bonds is 4. The van der Waals surface area contributed by atoms with Gasteiger partial charge in [0.1, 0.15) is 0 Å². The topological polar surface area (TPSA) is 50.1 Å². The molecule has 0 saturated carbocycles. The van der Waals surface area contributed by atoms with Crippen LogP contribution in [0.5, 0.6) is 0 Å².